The van der Waals surface area contributed by atoms with Gasteiger partial charge in [-0.25, -0.2) is 0 Å². The van der Waals surface area contributed by atoms with Gasteiger partial charge < -0.3 is 4.57 Å². The highest BCUT2D eigenvalue weighted by Gasteiger charge is 2.43. The Bertz CT molecular complexity index is 932. The first-order valence-electron chi connectivity index (χ1n) is 9.96. The number of unbranched alkanes of at least 4 members (excludes halogenated alkanes) is 1. The molecular formula is C24H27N. The molecule has 5 rings (SSSR count). The Labute approximate surface area is 150 Å². The Balaban J connectivity index is 1.73. The SMILES string of the molecule is CCCCC1CC2c3ccccc3-c3c(c4ccccc4n3C)C2C1. The molecule has 1 aromatic heterocycles. The third kappa shape index (κ3) is 2.14. The number of aromatic nitrogens is 1. The highest BCUT2D eigenvalue weighted by atomic mass is 15.0. The molecule has 0 aliphatic heterocycles. The molecule has 0 amide bonds. The highest BCUT2D eigenvalue weighted by molar-refractivity contribution is 5.94. The maximum atomic E-state index is 2.44. The Kier molecular flexibility index (Phi) is 3.51. The Morgan fingerprint density at radius 3 is 2.60 bits per heavy atom. The van der Waals surface area contributed by atoms with Crippen LogP contribution in [0.5, 0.6) is 0 Å². The molecular weight excluding hydrogens is 302 g/mol. The lowest BCUT2D eigenvalue weighted by Crippen LogP contribution is -2.13. The zero-order valence-electron chi connectivity index (χ0n) is 15.3. The maximum absolute atomic E-state index is 2.44. The first kappa shape index (κ1) is 15.3. The van der Waals surface area contributed by atoms with Crippen molar-refractivity contribution >= 4 is 10.9 Å². The van der Waals surface area contributed by atoms with Gasteiger partial charge in [0.25, 0.3) is 0 Å². The molecule has 1 heterocycles. The molecule has 2 aliphatic rings. The van der Waals surface area contributed by atoms with E-state index in [1.807, 2.05) is 0 Å². The van der Waals surface area contributed by atoms with Crippen molar-refractivity contribution in [3.8, 4) is 11.3 Å². The maximum Gasteiger partial charge on any atom is 0.0527 e. The summed E-state index contributed by atoms with van der Waals surface area (Å²) in [5.41, 5.74) is 7.59. The molecule has 0 bridgehead atoms. The molecule has 2 aliphatic carbocycles. The Morgan fingerprint density at radius 1 is 0.960 bits per heavy atom. The van der Waals surface area contributed by atoms with Crippen LogP contribution < -0.4 is 0 Å². The molecule has 1 saturated carbocycles. The van der Waals surface area contributed by atoms with E-state index in [2.05, 4.69) is 67.1 Å². The van der Waals surface area contributed by atoms with Gasteiger partial charge in [-0.3, -0.25) is 0 Å². The van der Waals surface area contributed by atoms with Crippen LogP contribution in [0.15, 0.2) is 48.5 Å². The van der Waals surface area contributed by atoms with Crippen molar-refractivity contribution in [1.29, 1.82) is 0 Å². The van der Waals surface area contributed by atoms with Crippen LogP contribution in [0.3, 0.4) is 0 Å². The summed E-state index contributed by atoms with van der Waals surface area (Å²) in [6.07, 6.45) is 6.87. The number of hydrogen-bond acceptors (Lipinski definition) is 0. The lowest BCUT2D eigenvalue weighted by molar-refractivity contribution is 0.471. The second kappa shape index (κ2) is 5.76. The van der Waals surface area contributed by atoms with E-state index in [0.717, 1.165) is 11.8 Å². The summed E-state index contributed by atoms with van der Waals surface area (Å²) >= 11 is 0. The molecule has 3 atom stereocenters. The van der Waals surface area contributed by atoms with Crippen molar-refractivity contribution in [2.45, 2.75) is 50.9 Å². The highest BCUT2D eigenvalue weighted by Crippen LogP contribution is 2.59. The fourth-order valence-corrected chi connectivity index (χ4v) is 5.69. The van der Waals surface area contributed by atoms with E-state index < -0.39 is 0 Å². The third-order valence-corrected chi connectivity index (χ3v) is 6.76. The molecule has 0 radical (unpaired) electrons. The van der Waals surface area contributed by atoms with Gasteiger partial charge >= 0.3 is 0 Å². The lowest BCUT2D eigenvalue weighted by atomic mass is 9.75. The van der Waals surface area contributed by atoms with Crippen molar-refractivity contribution in [3.05, 3.63) is 59.7 Å². The quantitative estimate of drug-likeness (QED) is 0.508. The predicted molar refractivity (Wildman–Crippen MR) is 106 cm³/mol. The summed E-state index contributed by atoms with van der Waals surface area (Å²) in [4.78, 5) is 0. The zero-order chi connectivity index (χ0) is 17.0. The second-order valence-corrected chi connectivity index (χ2v) is 8.12. The van der Waals surface area contributed by atoms with E-state index in [0.29, 0.717) is 5.92 Å². The average molecular weight is 329 g/mol. The first-order chi connectivity index (χ1) is 12.3. The number of hydrogen-bond donors (Lipinski definition) is 0. The minimum atomic E-state index is 0.706. The molecule has 3 unspecified atom stereocenters. The largest absolute Gasteiger partial charge is 0.343 e. The van der Waals surface area contributed by atoms with Crippen LogP contribution in [0.1, 0.15) is 62.0 Å². The molecule has 3 aromatic rings. The van der Waals surface area contributed by atoms with Crippen molar-refractivity contribution < 1.29 is 0 Å². The number of benzene rings is 2. The van der Waals surface area contributed by atoms with Gasteiger partial charge in [0.1, 0.15) is 0 Å². The number of aryl methyl sites for hydroxylation is 1. The summed E-state index contributed by atoms with van der Waals surface area (Å²) in [5, 5.41) is 1.49. The van der Waals surface area contributed by atoms with Crippen LogP contribution in [-0.4, -0.2) is 4.57 Å². The molecule has 0 N–H and O–H groups in total. The molecule has 0 spiro atoms. The third-order valence-electron chi connectivity index (χ3n) is 6.76. The fourth-order valence-electron chi connectivity index (χ4n) is 5.69. The van der Waals surface area contributed by atoms with Gasteiger partial charge in [0.05, 0.1) is 5.69 Å². The van der Waals surface area contributed by atoms with Gasteiger partial charge in [-0.1, -0.05) is 68.7 Å². The minimum Gasteiger partial charge on any atom is -0.343 e. The standard InChI is InChI=1S/C24H27N/c1-3-4-9-16-14-20-17-10-5-6-11-18(17)24-23(21(20)15-16)19-12-7-8-13-22(19)25(24)2/h5-8,10-13,16,20-21H,3-4,9,14-15H2,1-2H3. The summed E-state index contributed by atoms with van der Waals surface area (Å²) in [6.45, 7) is 2.32. The van der Waals surface area contributed by atoms with Gasteiger partial charge in [-0.15, -0.1) is 0 Å². The predicted octanol–water partition coefficient (Wildman–Crippen LogP) is 6.63. The summed E-state index contributed by atoms with van der Waals surface area (Å²) in [6, 6.07) is 18.2. The summed E-state index contributed by atoms with van der Waals surface area (Å²) in [5.74, 6) is 2.32. The lowest BCUT2D eigenvalue weighted by Gasteiger charge is -2.29. The van der Waals surface area contributed by atoms with Crippen molar-refractivity contribution in [2.75, 3.05) is 0 Å². The molecule has 128 valence electrons. The van der Waals surface area contributed by atoms with Gasteiger partial charge in [0.2, 0.25) is 0 Å². The monoisotopic (exact) mass is 329 g/mol. The zero-order valence-corrected chi connectivity index (χ0v) is 15.3. The molecule has 2 aromatic carbocycles. The van der Waals surface area contributed by atoms with Crippen molar-refractivity contribution in [2.24, 2.45) is 13.0 Å². The van der Waals surface area contributed by atoms with E-state index in [1.54, 1.807) is 11.1 Å². The normalized spacial score (nSPS) is 24.2. The first-order valence-corrected chi connectivity index (χ1v) is 9.96. The number of fused-ring (bicyclic) bond motifs is 8. The Morgan fingerprint density at radius 2 is 1.72 bits per heavy atom. The van der Waals surface area contributed by atoms with Crippen molar-refractivity contribution in [3.63, 3.8) is 0 Å². The van der Waals surface area contributed by atoms with E-state index in [4.69, 9.17) is 0 Å². The van der Waals surface area contributed by atoms with E-state index in [9.17, 15) is 0 Å². The number of nitrogens with zero attached hydrogens (tertiary/aromatic N) is 1. The Hall–Kier alpha value is -2.02. The number of para-hydroxylation sites is 1. The van der Waals surface area contributed by atoms with Crippen LogP contribution in [0.4, 0.5) is 0 Å². The van der Waals surface area contributed by atoms with Crippen LogP contribution in [-0.2, 0) is 7.05 Å². The van der Waals surface area contributed by atoms with Crippen LogP contribution in [0, 0.1) is 5.92 Å². The molecule has 25 heavy (non-hydrogen) atoms. The second-order valence-electron chi connectivity index (χ2n) is 8.12. The topological polar surface area (TPSA) is 4.93 Å². The van der Waals surface area contributed by atoms with Gasteiger partial charge in [0, 0.05) is 23.5 Å². The minimum absolute atomic E-state index is 0.706. The molecule has 1 fully saturated rings. The average Bonchev–Trinajstić information content (AvgIpc) is 3.20. The van der Waals surface area contributed by atoms with Gasteiger partial charge in [-0.2, -0.15) is 0 Å². The van der Waals surface area contributed by atoms with Crippen LogP contribution in [0.25, 0.3) is 22.2 Å². The number of rotatable bonds is 3. The fraction of sp³-hybridized carbons (Fsp3) is 0.417. The van der Waals surface area contributed by atoms with Gasteiger partial charge in [0.15, 0.2) is 0 Å². The summed E-state index contributed by atoms with van der Waals surface area (Å²) in [7, 11) is 2.25. The molecule has 0 saturated heterocycles. The summed E-state index contributed by atoms with van der Waals surface area (Å²) < 4.78 is 2.44. The van der Waals surface area contributed by atoms with Crippen LogP contribution in [0.2, 0.25) is 0 Å². The van der Waals surface area contributed by atoms with E-state index in [1.165, 1.54) is 54.3 Å². The van der Waals surface area contributed by atoms with E-state index >= 15 is 0 Å². The van der Waals surface area contributed by atoms with E-state index in [-0.39, 0.29) is 0 Å². The van der Waals surface area contributed by atoms with Crippen molar-refractivity contribution in [1.82, 2.24) is 4.57 Å². The smallest absolute Gasteiger partial charge is 0.0527 e. The molecule has 1 heteroatoms. The van der Waals surface area contributed by atoms with Crippen LogP contribution >= 0.6 is 0 Å². The van der Waals surface area contributed by atoms with Gasteiger partial charge in [-0.05, 0) is 47.8 Å². The molecule has 1 nitrogen and oxygen atoms in total.